The first-order valence-electron chi connectivity index (χ1n) is 5.37. The van der Waals surface area contributed by atoms with Crippen LogP contribution in [0.1, 0.15) is 24.2 Å². The fourth-order valence-electron chi connectivity index (χ4n) is 1.37. The van der Waals surface area contributed by atoms with Crippen molar-refractivity contribution in [2.75, 3.05) is 6.61 Å². The lowest BCUT2D eigenvalue weighted by Gasteiger charge is -2.23. The number of halogens is 2. The Morgan fingerprint density at radius 2 is 1.90 bits per heavy atom. The number of rotatable bonds is 5. The summed E-state index contributed by atoms with van der Waals surface area (Å²) in [7, 11) is -4.13. The van der Waals surface area contributed by atoms with Crippen molar-refractivity contribution in [2.45, 2.75) is 24.3 Å². The lowest BCUT2D eigenvalue weighted by molar-refractivity contribution is 0.0697. The van der Waals surface area contributed by atoms with Crippen molar-refractivity contribution in [3.63, 3.8) is 0 Å². The molecule has 0 fully saturated rings. The molecule has 112 valence electrons. The number of aliphatic hydroxyl groups excluding tert-OH is 1. The predicted octanol–water partition coefficient (Wildman–Crippen LogP) is 1.74. The quantitative estimate of drug-likeness (QED) is 0.756. The van der Waals surface area contributed by atoms with Gasteiger partial charge in [0, 0.05) is 5.02 Å². The van der Waals surface area contributed by atoms with Crippen molar-refractivity contribution in [1.29, 1.82) is 0 Å². The average Bonchev–Trinajstić information content (AvgIpc) is 2.30. The van der Waals surface area contributed by atoms with Gasteiger partial charge in [-0.1, -0.05) is 23.2 Å². The van der Waals surface area contributed by atoms with Crippen LogP contribution in [0.5, 0.6) is 0 Å². The number of hydrogen-bond acceptors (Lipinski definition) is 4. The fraction of sp³-hybridized carbons (Fsp3) is 0.364. The average molecular weight is 342 g/mol. The summed E-state index contributed by atoms with van der Waals surface area (Å²) in [5.41, 5.74) is -1.55. The van der Waals surface area contributed by atoms with Gasteiger partial charge in [0.05, 0.1) is 22.7 Å². The zero-order valence-electron chi connectivity index (χ0n) is 10.6. The molecule has 0 amide bonds. The standard InChI is InChI=1S/C11H13Cl2NO5S/c1-11(2,5-15)14-20(18,19)8-4-6(12)3-7(9(8)13)10(16)17/h3-4,14-15H,5H2,1-2H3,(H,16,17). The molecule has 0 unspecified atom stereocenters. The minimum Gasteiger partial charge on any atom is -0.478 e. The molecule has 0 aliphatic rings. The minimum absolute atomic E-state index is 0.0750. The van der Waals surface area contributed by atoms with Crippen molar-refractivity contribution in [2.24, 2.45) is 0 Å². The second-order valence-corrected chi connectivity index (χ2v) is 7.18. The van der Waals surface area contributed by atoms with Gasteiger partial charge in [-0.15, -0.1) is 0 Å². The lowest BCUT2D eigenvalue weighted by Crippen LogP contribution is -2.46. The number of hydrogen-bond donors (Lipinski definition) is 3. The molecule has 0 aliphatic carbocycles. The molecular weight excluding hydrogens is 329 g/mol. The van der Waals surface area contributed by atoms with Gasteiger partial charge >= 0.3 is 5.97 Å². The van der Waals surface area contributed by atoms with Crippen molar-refractivity contribution in [3.8, 4) is 0 Å². The maximum atomic E-state index is 12.2. The molecule has 6 nitrogen and oxygen atoms in total. The van der Waals surface area contributed by atoms with E-state index in [-0.39, 0.29) is 5.02 Å². The second-order valence-electron chi connectivity index (χ2n) is 4.72. The van der Waals surface area contributed by atoms with E-state index in [0.29, 0.717) is 0 Å². The van der Waals surface area contributed by atoms with Crippen LogP contribution in [0.3, 0.4) is 0 Å². The molecule has 0 spiro atoms. The smallest absolute Gasteiger partial charge is 0.337 e. The van der Waals surface area contributed by atoms with Gasteiger partial charge < -0.3 is 10.2 Å². The molecule has 1 aromatic carbocycles. The number of carboxylic acids is 1. The fourth-order valence-corrected chi connectivity index (χ4v) is 3.67. The van der Waals surface area contributed by atoms with Crippen molar-refractivity contribution >= 4 is 39.2 Å². The third kappa shape index (κ3) is 3.83. The lowest BCUT2D eigenvalue weighted by atomic mass is 10.1. The summed E-state index contributed by atoms with van der Waals surface area (Å²) in [5.74, 6) is -1.39. The summed E-state index contributed by atoms with van der Waals surface area (Å²) in [4.78, 5) is 10.5. The molecule has 1 rings (SSSR count). The Bertz CT molecular complexity index is 642. The predicted molar refractivity (Wildman–Crippen MR) is 74.9 cm³/mol. The molecule has 0 saturated carbocycles. The van der Waals surface area contributed by atoms with Crippen LogP contribution >= 0.6 is 23.2 Å². The van der Waals surface area contributed by atoms with Gasteiger partial charge in [-0.05, 0) is 26.0 Å². The Morgan fingerprint density at radius 1 is 1.35 bits per heavy atom. The van der Waals surface area contributed by atoms with E-state index in [0.717, 1.165) is 12.1 Å². The first-order valence-corrected chi connectivity index (χ1v) is 7.61. The van der Waals surface area contributed by atoms with E-state index in [1.165, 1.54) is 13.8 Å². The van der Waals surface area contributed by atoms with Crippen LogP contribution < -0.4 is 4.72 Å². The number of aliphatic hydroxyl groups is 1. The van der Waals surface area contributed by atoms with Crippen LogP contribution in [0.4, 0.5) is 0 Å². The molecule has 0 aromatic heterocycles. The molecule has 0 aliphatic heterocycles. The van der Waals surface area contributed by atoms with Gasteiger partial charge in [0.15, 0.2) is 0 Å². The van der Waals surface area contributed by atoms with Gasteiger partial charge in [-0.3, -0.25) is 0 Å². The van der Waals surface area contributed by atoms with E-state index in [4.69, 9.17) is 33.4 Å². The van der Waals surface area contributed by atoms with Crippen LogP contribution in [0.15, 0.2) is 17.0 Å². The zero-order chi connectivity index (χ0) is 15.7. The van der Waals surface area contributed by atoms with Crippen LogP contribution in [-0.2, 0) is 10.0 Å². The number of carboxylic acid groups (broad SMARTS) is 1. The number of aromatic carboxylic acids is 1. The number of nitrogens with one attached hydrogen (secondary N) is 1. The first-order chi connectivity index (χ1) is 9.00. The molecule has 0 saturated heterocycles. The van der Waals surface area contributed by atoms with E-state index in [9.17, 15) is 13.2 Å². The van der Waals surface area contributed by atoms with Gasteiger partial charge in [0.1, 0.15) is 4.90 Å². The Labute approximate surface area is 126 Å². The SMILES string of the molecule is CC(C)(CO)NS(=O)(=O)c1cc(Cl)cc(C(=O)O)c1Cl. The van der Waals surface area contributed by atoms with Crippen molar-refractivity contribution < 1.29 is 23.4 Å². The Morgan fingerprint density at radius 3 is 2.35 bits per heavy atom. The van der Waals surface area contributed by atoms with Crippen LogP contribution in [0.2, 0.25) is 10.0 Å². The molecular formula is C11H13Cl2NO5S. The van der Waals surface area contributed by atoms with Gasteiger partial charge in [-0.25, -0.2) is 17.9 Å². The molecule has 0 atom stereocenters. The summed E-state index contributed by atoms with van der Waals surface area (Å²) in [6.45, 7) is 2.47. The summed E-state index contributed by atoms with van der Waals surface area (Å²) < 4.78 is 26.6. The second kappa shape index (κ2) is 5.87. The highest BCUT2D eigenvalue weighted by Crippen LogP contribution is 2.30. The molecule has 0 radical (unpaired) electrons. The topological polar surface area (TPSA) is 104 Å². The van der Waals surface area contributed by atoms with Crippen LogP contribution in [-0.4, -0.2) is 36.7 Å². The Balaban J connectivity index is 3.43. The third-order valence-electron chi connectivity index (χ3n) is 2.33. The molecule has 0 bridgehead atoms. The summed E-state index contributed by atoms with van der Waals surface area (Å²) in [6, 6.07) is 2.11. The Kier molecular flexibility index (Phi) is 5.04. The van der Waals surface area contributed by atoms with Crippen molar-refractivity contribution in [3.05, 3.63) is 27.7 Å². The van der Waals surface area contributed by atoms with E-state index < -0.39 is 43.6 Å². The number of carbonyl (C=O) groups is 1. The Hall–Kier alpha value is -0.860. The highest BCUT2D eigenvalue weighted by molar-refractivity contribution is 7.89. The molecule has 3 N–H and O–H groups in total. The summed E-state index contributed by atoms with van der Waals surface area (Å²) in [5, 5.41) is 17.5. The summed E-state index contributed by atoms with van der Waals surface area (Å²) >= 11 is 11.5. The van der Waals surface area contributed by atoms with Gasteiger partial charge in [0.25, 0.3) is 0 Å². The van der Waals surface area contributed by atoms with Crippen molar-refractivity contribution in [1.82, 2.24) is 4.72 Å². The summed E-state index contributed by atoms with van der Waals surface area (Å²) in [6.07, 6.45) is 0. The van der Waals surface area contributed by atoms with Crippen LogP contribution in [0, 0.1) is 0 Å². The van der Waals surface area contributed by atoms with Gasteiger partial charge in [0.2, 0.25) is 10.0 Å². The van der Waals surface area contributed by atoms with E-state index >= 15 is 0 Å². The molecule has 20 heavy (non-hydrogen) atoms. The number of benzene rings is 1. The molecule has 1 aromatic rings. The zero-order valence-corrected chi connectivity index (χ0v) is 13.0. The maximum Gasteiger partial charge on any atom is 0.337 e. The largest absolute Gasteiger partial charge is 0.478 e. The third-order valence-corrected chi connectivity index (χ3v) is 4.79. The normalized spacial score (nSPS) is 12.4. The first kappa shape index (κ1) is 17.2. The maximum absolute atomic E-state index is 12.2. The minimum atomic E-state index is -4.13. The van der Waals surface area contributed by atoms with Gasteiger partial charge in [-0.2, -0.15) is 0 Å². The molecule has 9 heteroatoms. The van der Waals surface area contributed by atoms with E-state index in [1.807, 2.05) is 0 Å². The monoisotopic (exact) mass is 341 g/mol. The van der Waals surface area contributed by atoms with E-state index in [1.54, 1.807) is 0 Å². The van der Waals surface area contributed by atoms with E-state index in [2.05, 4.69) is 4.72 Å². The molecule has 0 heterocycles. The highest BCUT2D eigenvalue weighted by atomic mass is 35.5. The highest BCUT2D eigenvalue weighted by Gasteiger charge is 2.29. The van der Waals surface area contributed by atoms with Crippen LogP contribution in [0.25, 0.3) is 0 Å². The number of sulfonamides is 1.